The molecule has 1 rings (SSSR count). The number of rotatable bonds is 4. The lowest BCUT2D eigenvalue weighted by Crippen LogP contribution is -2.41. The van der Waals surface area contributed by atoms with E-state index in [4.69, 9.17) is 10.2 Å². The minimum Gasteiger partial charge on any atom is -0.394 e. The molecule has 1 aliphatic rings. The van der Waals surface area contributed by atoms with Crippen molar-refractivity contribution in [2.75, 3.05) is 13.2 Å². The highest BCUT2D eigenvalue weighted by Crippen LogP contribution is 2.18. The van der Waals surface area contributed by atoms with Crippen LogP contribution in [0.3, 0.4) is 0 Å². The maximum Gasteiger partial charge on any atom is 0.0895 e. The van der Waals surface area contributed by atoms with Gasteiger partial charge in [-0.1, -0.05) is 0 Å². The first-order valence-electron chi connectivity index (χ1n) is 4.44. The van der Waals surface area contributed by atoms with Crippen LogP contribution in [-0.4, -0.2) is 46.7 Å². The van der Waals surface area contributed by atoms with Crippen LogP contribution in [0.2, 0.25) is 0 Å². The maximum atomic E-state index is 9.37. The fourth-order valence-corrected chi connectivity index (χ4v) is 1.53. The predicted molar refractivity (Wildman–Crippen MR) is 44.7 cm³/mol. The lowest BCUT2D eigenvalue weighted by molar-refractivity contribution is 0.0824. The van der Waals surface area contributed by atoms with Gasteiger partial charge in [0.2, 0.25) is 0 Å². The zero-order valence-corrected chi connectivity index (χ0v) is 7.11. The molecule has 0 aliphatic heterocycles. The number of aliphatic hydroxyl groups excluding tert-OH is 3. The molecule has 1 aliphatic carbocycles. The highest BCUT2D eigenvalue weighted by Gasteiger charge is 2.24. The predicted octanol–water partition coefficient (Wildman–Crippen LogP) is -1.16. The van der Waals surface area contributed by atoms with Crippen LogP contribution in [0.25, 0.3) is 0 Å². The fourth-order valence-electron chi connectivity index (χ4n) is 1.53. The van der Waals surface area contributed by atoms with Crippen molar-refractivity contribution in [3.63, 3.8) is 0 Å². The zero-order valence-electron chi connectivity index (χ0n) is 7.11. The topological polar surface area (TPSA) is 72.7 Å². The van der Waals surface area contributed by atoms with Gasteiger partial charge < -0.3 is 20.6 Å². The molecule has 0 aromatic rings. The third-order valence-electron chi connectivity index (χ3n) is 2.31. The van der Waals surface area contributed by atoms with Crippen LogP contribution in [0.1, 0.15) is 19.3 Å². The lowest BCUT2D eigenvalue weighted by atomic mass is 10.2. The van der Waals surface area contributed by atoms with Gasteiger partial charge in [0.1, 0.15) is 0 Å². The minimum atomic E-state index is -0.710. The summed E-state index contributed by atoms with van der Waals surface area (Å²) in [5, 5.41) is 29.9. The summed E-state index contributed by atoms with van der Waals surface area (Å²) in [4.78, 5) is 0. The van der Waals surface area contributed by atoms with Crippen molar-refractivity contribution >= 4 is 0 Å². The second-order valence-electron chi connectivity index (χ2n) is 3.35. The summed E-state index contributed by atoms with van der Waals surface area (Å²) in [6, 6.07) is 0.103. The molecule has 0 radical (unpaired) electrons. The van der Waals surface area contributed by atoms with Crippen LogP contribution in [-0.2, 0) is 0 Å². The van der Waals surface area contributed by atoms with Gasteiger partial charge in [-0.15, -0.1) is 0 Å². The fraction of sp³-hybridized carbons (Fsp3) is 1.00. The van der Waals surface area contributed by atoms with Crippen molar-refractivity contribution in [1.82, 2.24) is 5.32 Å². The van der Waals surface area contributed by atoms with E-state index in [1.807, 2.05) is 0 Å². The van der Waals surface area contributed by atoms with Gasteiger partial charge in [0.25, 0.3) is 0 Å². The van der Waals surface area contributed by atoms with E-state index in [9.17, 15) is 5.11 Å². The first-order valence-corrected chi connectivity index (χ1v) is 4.44. The Balaban J connectivity index is 2.13. The molecular weight excluding hydrogens is 158 g/mol. The highest BCUT2D eigenvalue weighted by molar-refractivity contribution is 4.83. The lowest BCUT2D eigenvalue weighted by Gasteiger charge is -2.17. The van der Waals surface area contributed by atoms with Crippen molar-refractivity contribution in [2.24, 2.45) is 0 Å². The number of nitrogens with one attached hydrogen (secondary N) is 1. The molecule has 3 unspecified atom stereocenters. The number of hydrogen-bond donors (Lipinski definition) is 4. The van der Waals surface area contributed by atoms with E-state index in [1.54, 1.807) is 0 Å². The largest absolute Gasteiger partial charge is 0.394 e. The summed E-state index contributed by atoms with van der Waals surface area (Å²) in [5.41, 5.74) is 0. The summed E-state index contributed by atoms with van der Waals surface area (Å²) in [5.74, 6) is 0. The zero-order chi connectivity index (χ0) is 8.97. The third-order valence-corrected chi connectivity index (χ3v) is 2.31. The van der Waals surface area contributed by atoms with Crippen LogP contribution < -0.4 is 5.32 Å². The second-order valence-corrected chi connectivity index (χ2v) is 3.35. The molecule has 3 atom stereocenters. The average molecular weight is 175 g/mol. The molecule has 0 amide bonds. The molecule has 4 nitrogen and oxygen atoms in total. The van der Waals surface area contributed by atoms with Crippen molar-refractivity contribution in [2.45, 2.75) is 37.5 Å². The van der Waals surface area contributed by atoms with E-state index >= 15 is 0 Å². The standard InChI is InChI=1S/C8H17NO3/c10-5-6(11)4-9-7-2-1-3-8(7)12/h6-12H,1-5H2. The first-order chi connectivity index (χ1) is 5.74. The SMILES string of the molecule is OCC(O)CNC1CCCC1O. The molecule has 72 valence electrons. The van der Waals surface area contributed by atoms with Crippen molar-refractivity contribution in [1.29, 1.82) is 0 Å². The molecule has 0 heterocycles. The van der Waals surface area contributed by atoms with Gasteiger partial charge in [-0.3, -0.25) is 0 Å². The molecule has 4 N–H and O–H groups in total. The molecule has 0 bridgehead atoms. The smallest absolute Gasteiger partial charge is 0.0895 e. The normalized spacial score (nSPS) is 32.2. The van der Waals surface area contributed by atoms with Crippen LogP contribution in [0, 0.1) is 0 Å². The molecule has 1 saturated carbocycles. The molecular formula is C8H17NO3. The number of aliphatic hydroxyl groups is 3. The van der Waals surface area contributed by atoms with Gasteiger partial charge in [-0.2, -0.15) is 0 Å². The molecule has 0 aromatic carbocycles. The first kappa shape index (κ1) is 9.92. The van der Waals surface area contributed by atoms with Gasteiger partial charge in [0, 0.05) is 12.6 Å². The Labute approximate surface area is 72.2 Å². The van der Waals surface area contributed by atoms with Gasteiger partial charge in [-0.25, -0.2) is 0 Å². The second kappa shape index (κ2) is 4.77. The monoisotopic (exact) mass is 175 g/mol. The van der Waals surface area contributed by atoms with E-state index in [-0.39, 0.29) is 18.8 Å². The van der Waals surface area contributed by atoms with E-state index < -0.39 is 6.10 Å². The molecule has 12 heavy (non-hydrogen) atoms. The third kappa shape index (κ3) is 2.71. The molecule has 0 spiro atoms. The van der Waals surface area contributed by atoms with E-state index in [1.165, 1.54) is 0 Å². The summed E-state index contributed by atoms with van der Waals surface area (Å²) in [7, 11) is 0. The van der Waals surface area contributed by atoms with E-state index in [0.29, 0.717) is 6.54 Å². The highest BCUT2D eigenvalue weighted by atomic mass is 16.3. The Kier molecular flexibility index (Phi) is 3.94. The Morgan fingerprint density at radius 1 is 1.42 bits per heavy atom. The van der Waals surface area contributed by atoms with E-state index in [0.717, 1.165) is 19.3 Å². The van der Waals surface area contributed by atoms with Crippen LogP contribution in [0.5, 0.6) is 0 Å². The summed E-state index contributed by atoms with van der Waals surface area (Å²) >= 11 is 0. The molecule has 4 heteroatoms. The van der Waals surface area contributed by atoms with Gasteiger partial charge in [-0.05, 0) is 19.3 Å². The minimum absolute atomic E-state index is 0.103. The molecule has 0 saturated heterocycles. The van der Waals surface area contributed by atoms with E-state index in [2.05, 4.69) is 5.32 Å². The average Bonchev–Trinajstić information content (AvgIpc) is 2.47. The van der Waals surface area contributed by atoms with Crippen LogP contribution >= 0.6 is 0 Å². The molecule has 1 fully saturated rings. The number of hydrogen-bond acceptors (Lipinski definition) is 4. The Bertz CT molecular complexity index is 131. The van der Waals surface area contributed by atoms with Gasteiger partial charge in [0.05, 0.1) is 18.8 Å². The van der Waals surface area contributed by atoms with Crippen molar-refractivity contribution in [3.05, 3.63) is 0 Å². The van der Waals surface area contributed by atoms with Crippen LogP contribution in [0.15, 0.2) is 0 Å². The summed E-state index contributed by atoms with van der Waals surface area (Å²) < 4.78 is 0. The quantitative estimate of drug-likeness (QED) is 0.435. The van der Waals surface area contributed by atoms with Crippen molar-refractivity contribution in [3.8, 4) is 0 Å². The molecule has 0 aromatic heterocycles. The Morgan fingerprint density at radius 3 is 2.67 bits per heavy atom. The van der Waals surface area contributed by atoms with Gasteiger partial charge >= 0.3 is 0 Å². The summed E-state index contributed by atoms with van der Waals surface area (Å²) in [6.07, 6.45) is 1.84. The van der Waals surface area contributed by atoms with Gasteiger partial charge in [0.15, 0.2) is 0 Å². The Hall–Kier alpha value is -0.160. The van der Waals surface area contributed by atoms with Crippen LogP contribution in [0.4, 0.5) is 0 Å². The Morgan fingerprint density at radius 2 is 2.17 bits per heavy atom. The summed E-state index contributed by atoms with van der Waals surface area (Å²) in [6.45, 7) is 0.133. The maximum absolute atomic E-state index is 9.37. The van der Waals surface area contributed by atoms with Crippen molar-refractivity contribution < 1.29 is 15.3 Å².